The Bertz CT molecular complexity index is 573. The van der Waals surface area contributed by atoms with Gasteiger partial charge in [0.15, 0.2) is 0 Å². The van der Waals surface area contributed by atoms with Gasteiger partial charge in [0.05, 0.1) is 0 Å². The third-order valence-electron chi connectivity index (χ3n) is 2.94. The maximum atomic E-state index is 13.4. The second-order valence-corrected chi connectivity index (χ2v) is 6.39. The van der Waals surface area contributed by atoms with E-state index in [1.54, 1.807) is 17.4 Å². The second-order valence-electron chi connectivity index (χ2n) is 4.48. The van der Waals surface area contributed by atoms with Crippen molar-refractivity contribution >= 4 is 27.3 Å². The molecule has 2 aromatic rings. The summed E-state index contributed by atoms with van der Waals surface area (Å²) in [4.78, 5) is 1.13. The average molecular weight is 358 g/mol. The smallest absolute Gasteiger partial charge is 0.124 e. The summed E-state index contributed by atoms with van der Waals surface area (Å²) < 4.78 is 20.3. The van der Waals surface area contributed by atoms with Crippen molar-refractivity contribution < 1.29 is 9.13 Å². The molecule has 0 spiro atoms. The lowest BCUT2D eigenvalue weighted by atomic mass is 10.1. The van der Waals surface area contributed by atoms with E-state index in [1.165, 1.54) is 12.1 Å². The van der Waals surface area contributed by atoms with E-state index >= 15 is 0 Å². The maximum Gasteiger partial charge on any atom is 0.124 e. The highest BCUT2D eigenvalue weighted by atomic mass is 79.9. The molecule has 0 bridgehead atoms. The fourth-order valence-electron chi connectivity index (χ4n) is 1.98. The van der Waals surface area contributed by atoms with Crippen LogP contribution in [0.25, 0.3) is 0 Å². The topological polar surface area (TPSA) is 21.3 Å². The van der Waals surface area contributed by atoms with Crippen molar-refractivity contribution in [3.63, 3.8) is 0 Å². The molecule has 0 radical (unpaired) electrons. The zero-order valence-electron chi connectivity index (χ0n) is 11.5. The molecule has 5 heteroatoms. The summed E-state index contributed by atoms with van der Waals surface area (Å²) in [5, 5.41) is 5.30. The Balaban J connectivity index is 2.13. The minimum Gasteiger partial charge on any atom is -0.488 e. The van der Waals surface area contributed by atoms with Crippen LogP contribution in [0.1, 0.15) is 30.3 Å². The Morgan fingerprint density at radius 2 is 2.20 bits per heavy atom. The van der Waals surface area contributed by atoms with Crippen LogP contribution in [0.2, 0.25) is 0 Å². The Morgan fingerprint density at radius 3 is 2.85 bits per heavy atom. The number of benzene rings is 1. The van der Waals surface area contributed by atoms with Crippen LogP contribution in [0.5, 0.6) is 5.75 Å². The molecule has 1 aromatic carbocycles. The van der Waals surface area contributed by atoms with Gasteiger partial charge in [-0.05, 0) is 53.7 Å². The molecule has 0 aliphatic heterocycles. The number of thiophene rings is 1. The van der Waals surface area contributed by atoms with Gasteiger partial charge >= 0.3 is 0 Å². The molecule has 0 saturated heterocycles. The first kappa shape index (κ1) is 15.5. The van der Waals surface area contributed by atoms with Gasteiger partial charge in [-0.1, -0.05) is 6.92 Å². The van der Waals surface area contributed by atoms with Gasteiger partial charge in [-0.25, -0.2) is 4.39 Å². The summed E-state index contributed by atoms with van der Waals surface area (Å²) in [7, 11) is 0. The van der Waals surface area contributed by atoms with Crippen LogP contribution in [0, 0.1) is 5.82 Å². The Morgan fingerprint density at radius 1 is 1.40 bits per heavy atom. The number of nitrogens with one attached hydrogen (secondary N) is 1. The molecule has 0 amide bonds. The van der Waals surface area contributed by atoms with E-state index in [0.29, 0.717) is 6.61 Å². The van der Waals surface area contributed by atoms with Crippen molar-refractivity contribution in [3.05, 3.63) is 50.4 Å². The van der Waals surface area contributed by atoms with E-state index < -0.39 is 0 Å². The zero-order valence-corrected chi connectivity index (χ0v) is 13.9. The molecule has 108 valence electrons. The molecule has 0 saturated carbocycles. The predicted molar refractivity (Wildman–Crippen MR) is 84.8 cm³/mol. The molecule has 2 rings (SSSR count). The fraction of sp³-hybridized carbons (Fsp3) is 0.333. The van der Waals surface area contributed by atoms with Gasteiger partial charge in [0.2, 0.25) is 0 Å². The van der Waals surface area contributed by atoms with Crippen LogP contribution in [-0.2, 0) is 6.61 Å². The van der Waals surface area contributed by atoms with Crippen LogP contribution in [0.4, 0.5) is 4.39 Å². The lowest BCUT2D eigenvalue weighted by Gasteiger charge is -2.17. The molecule has 1 atom stereocenters. The van der Waals surface area contributed by atoms with E-state index in [4.69, 9.17) is 4.74 Å². The van der Waals surface area contributed by atoms with Crippen molar-refractivity contribution in [2.45, 2.75) is 26.5 Å². The van der Waals surface area contributed by atoms with E-state index in [1.807, 2.05) is 25.3 Å². The van der Waals surface area contributed by atoms with Gasteiger partial charge in [-0.15, -0.1) is 11.3 Å². The molecule has 0 aliphatic rings. The molecule has 1 unspecified atom stereocenters. The van der Waals surface area contributed by atoms with Crippen LogP contribution in [0.3, 0.4) is 0 Å². The van der Waals surface area contributed by atoms with Gasteiger partial charge in [0.25, 0.3) is 0 Å². The quantitative estimate of drug-likeness (QED) is 0.793. The summed E-state index contributed by atoms with van der Waals surface area (Å²) in [6.45, 7) is 5.36. The van der Waals surface area contributed by atoms with E-state index in [-0.39, 0.29) is 11.9 Å². The number of ether oxygens (including phenoxy) is 1. The molecule has 20 heavy (non-hydrogen) atoms. The van der Waals surface area contributed by atoms with Gasteiger partial charge < -0.3 is 10.1 Å². The molecule has 1 aromatic heterocycles. The number of halogens is 2. The molecular weight excluding hydrogens is 341 g/mol. The summed E-state index contributed by atoms with van der Waals surface area (Å²) in [5.74, 6) is 0.486. The Kier molecular flexibility index (Phi) is 5.57. The first-order chi connectivity index (χ1) is 9.60. The van der Waals surface area contributed by atoms with Crippen molar-refractivity contribution in [2.75, 3.05) is 6.54 Å². The number of hydrogen-bond acceptors (Lipinski definition) is 3. The monoisotopic (exact) mass is 357 g/mol. The number of hydrogen-bond donors (Lipinski definition) is 1. The molecule has 0 aliphatic carbocycles. The first-order valence-electron chi connectivity index (χ1n) is 6.48. The summed E-state index contributed by atoms with van der Waals surface area (Å²) >= 11 is 5.06. The predicted octanol–water partition coefficient (Wildman–Crippen LogP) is 4.90. The summed E-state index contributed by atoms with van der Waals surface area (Å²) in [5.41, 5.74) is 0.850. The molecule has 1 N–H and O–H groups in total. The largest absolute Gasteiger partial charge is 0.488 e. The number of rotatable bonds is 6. The third kappa shape index (κ3) is 4.04. The van der Waals surface area contributed by atoms with Gasteiger partial charge in [-0.2, -0.15) is 0 Å². The van der Waals surface area contributed by atoms with Crippen molar-refractivity contribution in [1.29, 1.82) is 0 Å². The third-order valence-corrected chi connectivity index (χ3v) is 4.61. The van der Waals surface area contributed by atoms with Crippen molar-refractivity contribution in [1.82, 2.24) is 5.32 Å². The normalized spacial score (nSPS) is 12.4. The standard InChI is InChI=1S/C15H17BrFNOS/c1-3-18-10(2)14-7-12(17)4-5-15(14)19-8-13-6-11(16)9-20-13/h4-7,9-10,18H,3,8H2,1-2H3. The van der Waals surface area contributed by atoms with Crippen LogP contribution < -0.4 is 10.1 Å². The van der Waals surface area contributed by atoms with Crippen molar-refractivity contribution in [2.24, 2.45) is 0 Å². The highest BCUT2D eigenvalue weighted by molar-refractivity contribution is 9.10. The first-order valence-corrected chi connectivity index (χ1v) is 8.16. The second kappa shape index (κ2) is 7.20. The Labute approximate surface area is 131 Å². The zero-order chi connectivity index (χ0) is 14.5. The van der Waals surface area contributed by atoms with Crippen LogP contribution in [0.15, 0.2) is 34.1 Å². The SMILES string of the molecule is CCNC(C)c1cc(F)ccc1OCc1cc(Br)cs1. The molecule has 2 nitrogen and oxygen atoms in total. The highest BCUT2D eigenvalue weighted by Gasteiger charge is 2.12. The van der Waals surface area contributed by atoms with Crippen LogP contribution >= 0.6 is 27.3 Å². The average Bonchev–Trinajstić information content (AvgIpc) is 2.83. The fourth-order valence-corrected chi connectivity index (χ4v) is 3.35. The van der Waals surface area contributed by atoms with Crippen LogP contribution in [-0.4, -0.2) is 6.54 Å². The van der Waals surface area contributed by atoms with E-state index in [0.717, 1.165) is 27.2 Å². The summed E-state index contributed by atoms with van der Waals surface area (Å²) in [6.07, 6.45) is 0. The summed E-state index contributed by atoms with van der Waals surface area (Å²) in [6, 6.07) is 6.75. The molecular formula is C15H17BrFNOS. The molecule has 1 heterocycles. The molecule has 0 fully saturated rings. The van der Waals surface area contributed by atoms with Crippen molar-refractivity contribution in [3.8, 4) is 5.75 Å². The van der Waals surface area contributed by atoms with Gasteiger partial charge in [0.1, 0.15) is 18.2 Å². The lowest BCUT2D eigenvalue weighted by Crippen LogP contribution is -2.18. The van der Waals surface area contributed by atoms with Gasteiger partial charge in [0, 0.05) is 26.3 Å². The Hall–Kier alpha value is -0.910. The minimum absolute atomic E-state index is 0.0563. The van der Waals surface area contributed by atoms with E-state index in [9.17, 15) is 4.39 Å². The van der Waals surface area contributed by atoms with E-state index in [2.05, 4.69) is 21.2 Å². The lowest BCUT2D eigenvalue weighted by molar-refractivity contribution is 0.302. The maximum absolute atomic E-state index is 13.4. The van der Waals surface area contributed by atoms with Gasteiger partial charge in [-0.3, -0.25) is 0 Å². The highest BCUT2D eigenvalue weighted by Crippen LogP contribution is 2.28. The minimum atomic E-state index is -0.240.